The predicted octanol–water partition coefficient (Wildman–Crippen LogP) is 2.87. The molecular formula is C12H11F3N2OS. The molecule has 0 atom stereocenters. The molecule has 0 bridgehead atoms. The van der Waals surface area contributed by atoms with Crippen molar-refractivity contribution < 1.29 is 13.2 Å². The number of rotatable bonds is 2. The molecule has 0 radical (unpaired) electrons. The smallest absolute Gasteiger partial charge is 0.399 e. The number of benzene rings is 1. The maximum atomic E-state index is 12.9. The van der Waals surface area contributed by atoms with Crippen molar-refractivity contribution in [1.82, 2.24) is 4.57 Å². The summed E-state index contributed by atoms with van der Waals surface area (Å²) in [6, 6.07) is 3.60. The standard InChI is InChI=1S/C12H11F3N2OS/c1-7-6-19-11(18)17(7)5-8-2-3-9(16)4-10(8)12(13,14)15/h2-4,6H,5,16H2,1H3. The predicted molar refractivity (Wildman–Crippen MR) is 68.3 cm³/mol. The summed E-state index contributed by atoms with van der Waals surface area (Å²) < 4.78 is 40.1. The Morgan fingerprint density at radius 3 is 2.58 bits per heavy atom. The number of hydrogen-bond acceptors (Lipinski definition) is 3. The molecule has 102 valence electrons. The molecule has 1 heterocycles. The van der Waals surface area contributed by atoms with Crippen LogP contribution in [0.25, 0.3) is 0 Å². The van der Waals surface area contributed by atoms with Gasteiger partial charge in [0.25, 0.3) is 0 Å². The normalized spacial score (nSPS) is 11.8. The van der Waals surface area contributed by atoms with Gasteiger partial charge in [-0.1, -0.05) is 17.4 Å². The van der Waals surface area contributed by atoms with E-state index in [0.29, 0.717) is 5.69 Å². The Bertz CT molecular complexity index is 658. The molecule has 0 amide bonds. The van der Waals surface area contributed by atoms with Gasteiger partial charge in [0.1, 0.15) is 0 Å². The van der Waals surface area contributed by atoms with Gasteiger partial charge in [0.2, 0.25) is 0 Å². The lowest BCUT2D eigenvalue weighted by atomic mass is 10.1. The Labute approximate surface area is 111 Å². The van der Waals surface area contributed by atoms with E-state index in [1.807, 2.05) is 0 Å². The van der Waals surface area contributed by atoms with Gasteiger partial charge in [-0.2, -0.15) is 13.2 Å². The van der Waals surface area contributed by atoms with Gasteiger partial charge in [0.15, 0.2) is 0 Å². The lowest BCUT2D eigenvalue weighted by Gasteiger charge is -2.14. The molecule has 0 fully saturated rings. The van der Waals surface area contributed by atoms with Crippen LogP contribution in [0.1, 0.15) is 16.8 Å². The largest absolute Gasteiger partial charge is 0.416 e. The van der Waals surface area contributed by atoms with Gasteiger partial charge in [0.05, 0.1) is 12.1 Å². The molecule has 0 aliphatic heterocycles. The van der Waals surface area contributed by atoms with Crippen molar-refractivity contribution in [3.63, 3.8) is 0 Å². The molecule has 0 saturated heterocycles. The van der Waals surface area contributed by atoms with E-state index in [9.17, 15) is 18.0 Å². The number of nitrogens with zero attached hydrogens (tertiary/aromatic N) is 1. The fourth-order valence-electron chi connectivity index (χ4n) is 1.76. The summed E-state index contributed by atoms with van der Waals surface area (Å²) in [5, 5.41) is 1.62. The zero-order chi connectivity index (χ0) is 14.2. The first kappa shape index (κ1) is 13.7. The topological polar surface area (TPSA) is 48.0 Å². The van der Waals surface area contributed by atoms with Crippen molar-refractivity contribution in [2.75, 3.05) is 5.73 Å². The van der Waals surface area contributed by atoms with Crippen molar-refractivity contribution in [1.29, 1.82) is 0 Å². The molecule has 19 heavy (non-hydrogen) atoms. The minimum atomic E-state index is -4.49. The number of hydrogen-bond donors (Lipinski definition) is 1. The summed E-state index contributed by atoms with van der Waals surface area (Å²) in [7, 11) is 0. The number of nitrogens with two attached hydrogens (primary N) is 1. The summed E-state index contributed by atoms with van der Waals surface area (Å²) in [6.07, 6.45) is -4.49. The number of alkyl halides is 3. The first-order chi connectivity index (χ1) is 8.79. The van der Waals surface area contributed by atoms with Crippen LogP contribution >= 0.6 is 11.3 Å². The minimum absolute atomic E-state index is 0.0327. The summed E-state index contributed by atoms with van der Waals surface area (Å²) in [6.45, 7) is 1.58. The van der Waals surface area contributed by atoms with E-state index in [1.165, 1.54) is 16.7 Å². The highest BCUT2D eigenvalue weighted by Crippen LogP contribution is 2.33. The average Bonchev–Trinajstić information content (AvgIpc) is 2.61. The second-order valence-electron chi connectivity index (χ2n) is 4.14. The van der Waals surface area contributed by atoms with Gasteiger partial charge >= 0.3 is 11.0 Å². The van der Waals surface area contributed by atoms with Crippen LogP contribution in [0, 0.1) is 6.92 Å². The molecular weight excluding hydrogens is 277 g/mol. The molecule has 0 spiro atoms. The third-order valence-corrected chi connectivity index (χ3v) is 3.63. The van der Waals surface area contributed by atoms with E-state index in [-0.39, 0.29) is 22.7 Å². The highest BCUT2D eigenvalue weighted by Gasteiger charge is 2.33. The Hall–Kier alpha value is -1.76. The average molecular weight is 288 g/mol. The number of thiazole rings is 1. The molecule has 0 aliphatic carbocycles. The van der Waals surface area contributed by atoms with Gasteiger partial charge in [-0.05, 0) is 24.6 Å². The lowest BCUT2D eigenvalue weighted by Crippen LogP contribution is -2.18. The first-order valence-electron chi connectivity index (χ1n) is 5.39. The molecule has 2 aromatic rings. The van der Waals surface area contributed by atoms with Crippen molar-refractivity contribution in [2.24, 2.45) is 0 Å². The molecule has 2 rings (SSSR count). The Morgan fingerprint density at radius 2 is 2.05 bits per heavy atom. The van der Waals surface area contributed by atoms with Crippen LogP contribution in [-0.2, 0) is 12.7 Å². The van der Waals surface area contributed by atoms with Crippen LogP contribution in [0.3, 0.4) is 0 Å². The molecule has 3 nitrogen and oxygen atoms in total. The molecule has 1 aromatic heterocycles. The second-order valence-corrected chi connectivity index (χ2v) is 4.96. The highest BCUT2D eigenvalue weighted by atomic mass is 32.1. The molecule has 0 unspecified atom stereocenters. The lowest BCUT2D eigenvalue weighted by molar-refractivity contribution is -0.138. The highest BCUT2D eigenvalue weighted by molar-refractivity contribution is 7.07. The van der Waals surface area contributed by atoms with Crippen molar-refractivity contribution >= 4 is 17.0 Å². The summed E-state index contributed by atoms with van der Waals surface area (Å²) in [4.78, 5) is 11.3. The fourth-order valence-corrected chi connectivity index (χ4v) is 2.50. The second kappa shape index (κ2) is 4.73. The zero-order valence-corrected chi connectivity index (χ0v) is 10.8. The zero-order valence-electron chi connectivity index (χ0n) is 9.99. The van der Waals surface area contributed by atoms with E-state index in [4.69, 9.17) is 5.73 Å². The SMILES string of the molecule is Cc1csc(=O)n1Cc1ccc(N)cc1C(F)(F)F. The Kier molecular flexibility index (Phi) is 3.40. The monoisotopic (exact) mass is 288 g/mol. The number of aromatic nitrogens is 1. The minimum Gasteiger partial charge on any atom is -0.399 e. The maximum Gasteiger partial charge on any atom is 0.416 e. The van der Waals surface area contributed by atoms with Crippen molar-refractivity contribution in [3.05, 3.63) is 50.1 Å². The van der Waals surface area contributed by atoms with Gasteiger partial charge in [0, 0.05) is 16.8 Å². The van der Waals surface area contributed by atoms with E-state index in [0.717, 1.165) is 17.4 Å². The molecule has 0 aliphatic rings. The third-order valence-electron chi connectivity index (χ3n) is 2.74. The van der Waals surface area contributed by atoms with E-state index >= 15 is 0 Å². The maximum absolute atomic E-state index is 12.9. The summed E-state index contributed by atoms with van der Waals surface area (Å²) in [5.74, 6) is 0. The summed E-state index contributed by atoms with van der Waals surface area (Å²) in [5.41, 5.74) is 5.31. The molecule has 1 aromatic carbocycles. The molecule has 2 N–H and O–H groups in total. The first-order valence-corrected chi connectivity index (χ1v) is 6.27. The van der Waals surface area contributed by atoms with E-state index in [2.05, 4.69) is 0 Å². The van der Waals surface area contributed by atoms with E-state index in [1.54, 1.807) is 12.3 Å². The van der Waals surface area contributed by atoms with Gasteiger partial charge < -0.3 is 5.73 Å². The van der Waals surface area contributed by atoms with Crippen LogP contribution in [0.2, 0.25) is 0 Å². The van der Waals surface area contributed by atoms with Crippen molar-refractivity contribution in [2.45, 2.75) is 19.6 Å². The molecule has 7 heteroatoms. The van der Waals surface area contributed by atoms with Gasteiger partial charge in [-0.25, -0.2) is 0 Å². The third kappa shape index (κ3) is 2.81. The Morgan fingerprint density at radius 1 is 1.37 bits per heavy atom. The fraction of sp³-hybridized carbons (Fsp3) is 0.250. The van der Waals surface area contributed by atoms with Gasteiger partial charge in [-0.3, -0.25) is 9.36 Å². The van der Waals surface area contributed by atoms with Crippen LogP contribution < -0.4 is 10.6 Å². The van der Waals surface area contributed by atoms with Crippen LogP contribution in [0.4, 0.5) is 18.9 Å². The van der Waals surface area contributed by atoms with E-state index < -0.39 is 11.7 Å². The Balaban J connectivity index is 2.49. The van der Waals surface area contributed by atoms with Crippen LogP contribution in [-0.4, -0.2) is 4.57 Å². The summed E-state index contributed by atoms with van der Waals surface area (Å²) >= 11 is 0.968. The number of anilines is 1. The quantitative estimate of drug-likeness (QED) is 0.864. The number of halogens is 3. The van der Waals surface area contributed by atoms with Crippen LogP contribution in [0.15, 0.2) is 28.4 Å². The van der Waals surface area contributed by atoms with Crippen LogP contribution in [0.5, 0.6) is 0 Å². The van der Waals surface area contributed by atoms with Gasteiger partial charge in [-0.15, -0.1) is 0 Å². The number of aryl methyl sites for hydroxylation is 1. The number of nitrogen functional groups attached to an aromatic ring is 1. The van der Waals surface area contributed by atoms with Crippen molar-refractivity contribution in [3.8, 4) is 0 Å². The molecule has 0 saturated carbocycles.